The summed E-state index contributed by atoms with van der Waals surface area (Å²) in [6.07, 6.45) is 26.1. The van der Waals surface area contributed by atoms with Crippen LogP contribution in [-0.4, -0.2) is 0 Å². The minimum absolute atomic E-state index is 0. The van der Waals surface area contributed by atoms with Crippen molar-refractivity contribution in [3.8, 4) is 0 Å². The van der Waals surface area contributed by atoms with Gasteiger partial charge in [-0.3, -0.25) is 0 Å². The van der Waals surface area contributed by atoms with Crippen LogP contribution < -0.4 is 0 Å². The van der Waals surface area contributed by atoms with E-state index in [2.05, 4.69) is 12.2 Å². The van der Waals surface area contributed by atoms with Crippen molar-refractivity contribution < 1.29 is 21.7 Å². The third kappa shape index (κ3) is 14.4. The monoisotopic (exact) mass is 286 g/mol. The van der Waals surface area contributed by atoms with Gasteiger partial charge in [0.2, 0.25) is 0 Å². The summed E-state index contributed by atoms with van der Waals surface area (Å²) in [6, 6.07) is 0. The van der Waals surface area contributed by atoms with Gasteiger partial charge in [-0.15, -0.1) is 27.7 Å². The molecular weight excluding hydrogens is 264 g/mol. The van der Waals surface area contributed by atoms with Crippen LogP contribution in [0.15, 0.2) is 11.1 Å². The minimum Gasteiger partial charge on any atom is -0.376 e. The maximum atomic E-state index is 3.03. The first kappa shape index (κ1) is 21.5. The average Bonchev–Trinajstić information content (AvgIpc) is 3.12. The molecule has 0 spiro atoms. The van der Waals surface area contributed by atoms with E-state index in [4.69, 9.17) is 0 Å². The summed E-state index contributed by atoms with van der Waals surface area (Å²) in [5, 5.41) is 0. The van der Waals surface area contributed by atoms with Gasteiger partial charge in [0.15, 0.2) is 0 Å². The second-order valence-corrected chi connectivity index (χ2v) is 3.67. The zero-order chi connectivity index (χ0) is 13.6. The Balaban J connectivity index is 0. The maximum Gasteiger partial charge on any atom is 4.00 e. The van der Waals surface area contributed by atoms with Crippen LogP contribution in [0.2, 0.25) is 0 Å². The third-order valence-electron chi connectivity index (χ3n) is 2.42. The summed E-state index contributed by atoms with van der Waals surface area (Å²) >= 11 is 0. The van der Waals surface area contributed by atoms with Crippen LogP contribution in [0.3, 0.4) is 0 Å². The molecule has 1 heteroatoms. The third-order valence-corrected chi connectivity index (χ3v) is 2.42. The Labute approximate surface area is 137 Å². The zero-order valence-electron chi connectivity index (χ0n) is 12.3. The predicted octanol–water partition coefficient (Wildman–Crippen LogP) is 4.57. The van der Waals surface area contributed by atoms with Crippen LogP contribution in [0, 0.1) is 76.4 Å². The van der Waals surface area contributed by atoms with E-state index >= 15 is 0 Å². The molecule has 0 heterocycles. The fourth-order valence-electron chi connectivity index (χ4n) is 1.02. The predicted molar refractivity (Wildman–Crippen MR) is 79.2 cm³/mol. The molecule has 2 aliphatic rings. The summed E-state index contributed by atoms with van der Waals surface area (Å²) in [7, 11) is 0. The first-order chi connectivity index (χ1) is 8.72. The van der Waals surface area contributed by atoms with Gasteiger partial charge in [0, 0.05) is 0 Å². The molecule has 2 aliphatic carbocycles. The standard InChI is InChI=1S/C8H12.2C5H5.Ti/c1-5-7(3)8(4)6-2;2*1-2-4-5-3-1;/h1-4H3;2*1-5H;/q-2;;;+4. The molecule has 2 fully saturated rings. The van der Waals surface area contributed by atoms with Crippen molar-refractivity contribution in [2.24, 2.45) is 0 Å². The van der Waals surface area contributed by atoms with Gasteiger partial charge in [-0.25, -0.2) is 0 Å². The van der Waals surface area contributed by atoms with Crippen molar-refractivity contribution in [2.45, 2.75) is 27.7 Å². The Kier molecular flexibility index (Phi) is 18.4. The molecule has 0 saturated heterocycles. The van der Waals surface area contributed by atoms with Gasteiger partial charge >= 0.3 is 21.7 Å². The van der Waals surface area contributed by atoms with Crippen molar-refractivity contribution in [2.75, 3.05) is 0 Å². The van der Waals surface area contributed by atoms with Gasteiger partial charge in [0.25, 0.3) is 0 Å². The number of hydrogen-bond donors (Lipinski definition) is 0. The summed E-state index contributed by atoms with van der Waals surface area (Å²) < 4.78 is 0. The normalized spacial score (nSPS) is 18.7. The number of rotatable bonds is 1. The van der Waals surface area contributed by atoms with Gasteiger partial charge in [0.1, 0.15) is 0 Å². The molecule has 0 N–H and O–H groups in total. The van der Waals surface area contributed by atoms with E-state index in [9.17, 15) is 0 Å². The first-order valence-corrected chi connectivity index (χ1v) is 6.08. The van der Waals surface area contributed by atoms with Gasteiger partial charge in [-0.1, -0.05) is 0 Å². The smallest absolute Gasteiger partial charge is 0.376 e. The summed E-state index contributed by atoms with van der Waals surface area (Å²) in [5.74, 6) is 0. The molecule has 0 bridgehead atoms. The van der Waals surface area contributed by atoms with E-state index in [-0.39, 0.29) is 21.7 Å². The van der Waals surface area contributed by atoms with Gasteiger partial charge < -0.3 is 23.3 Å². The molecule has 0 aromatic rings. The van der Waals surface area contributed by atoms with Gasteiger partial charge in [-0.2, -0.15) is 0 Å². The maximum absolute atomic E-state index is 3.03. The SMILES string of the molecule is C[C-]=C(C)C(C)=[C-]C.[CH]1[CH][CH][CH][CH]1.[CH]1[CH][CH][CH][CH]1.[Ti+4]. The molecule has 2 saturated carbocycles. The molecule has 19 heavy (non-hydrogen) atoms. The minimum atomic E-state index is 0. The quantitative estimate of drug-likeness (QED) is 0.376. The Hall–Kier alpha value is 0.194. The second kappa shape index (κ2) is 16.2. The number of allylic oxidation sites excluding steroid dienone is 4. The van der Waals surface area contributed by atoms with Crippen molar-refractivity contribution in [1.29, 1.82) is 0 Å². The first-order valence-electron chi connectivity index (χ1n) is 6.08. The average molecular weight is 286 g/mol. The van der Waals surface area contributed by atoms with Crippen molar-refractivity contribution in [3.05, 3.63) is 87.5 Å². The Bertz CT molecular complexity index is 189. The Morgan fingerprint density at radius 3 is 0.789 bits per heavy atom. The molecular formula is C18H22Ti+2. The zero-order valence-corrected chi connectivity index (χ0v) is 13.8. The van der Waals surface area contributed by atoms with E-state index in [0.29, 0.717) is 0 Å². The number of hydrogen-bond acceptors (Lipinski definition) is 0. The van der Waals surface area contributed by atoms with E-state index in [1.807, 2.05) is 91.9 Å². The summed E-state index contributed by atoms with van der Waals surface area (Å²) in [6.45, 7) is 7.89. The molecule has 0 unspecified atom stereocenters. The van der Waals surface area contributed by atoms with Crippen LogP contribution >= 0.6 is 0 Å². The van der Waals surface area contributed by atoms with Crippen LogP contribution in [0.1, 0.15) is 27.7 Å². The van der Waals surface area contributed by atoms with Crippen LogP contribution in [0.25, 0.3) is 0 Å². The summed E-state index contributed by atoms with van der Waals surface area (Å²) in [4.78, 5) is 0. The van der Waals surface area contributed by atoms with Gasteiger partial charge in [0.05, 0.1) is 0 Å². The van der Waals surface area contributed by atoms with Crippen molar-refractivity contribution in [1.82, 2.24) is 0 Å². The molecule has 2 rings (SSSR count). The van der Waals surface area contributed by atoms with Crippen molar-refractivity contribution in [3.63, 3.8) is 0 Å². The molecule has 10 radical (unpaired) electrons. The molecule has 0 aromatic carbocycles. The van der Waals surface area contributed by atoms with Crippen molar-refractivity contribution >= 4 is 0 Å². The van der Waals surface area contributed by atoms with Crippen LogP contribution in [0.5, 0.6) is 0 Å². The van der Waals surface area contributed by atoms with E-state index < -0.39 is 0 Å². The molecule has 0 nitrogen and oxygen atoms in total. The molecule has 0 aromatic heterocycles. The van der Waals surface area contributed by atoms with Crippen LogP contribution in [0.4, 0.5) is 0 Å². The second-order valence-electron chi connectivity index (χ2n) is 3.67. The molecule has 0 atom stereocenters. The Morgan fingerprint density at radius 1 is 0.526 bits per heavy atom. The molecule has 0 amide bonds. The topological polar surface area (TPSA) is 0 Å². The van der Waals surface area contributed by atoms with E-state index in [1.54, 1.807) is 0 Å². The largest absolute Gasteiger partial charge is 4.00 e. The fourth-order valence-corrected chi connectivity index (χ4v) is 1.02. The van der Waals surface area contributed by atoms with E-state index in [0.717, 1.165) is 0 Å². The van der Waals surface area contributed by atoms with Gasteiger partial charge in [-0.05, 0) is 64.2 Å². The Morgan fingerprint density at radius 2 is 0.684 bits per heavy atom. The molecule has 96 valence electrons. The van der Waals surface area contributed by atoms with E-state index in [1.165, 1.54) is 11.1 Å². The summed E-state index contributed by atoms with van der Waals surface area (Å²) in [5.41, 5.74) is 2.38. The fraction of sp³-hybridized carbons (Fsp3) is 0.222. The molecule has 0 aliphatic heterocycles. The van der Waals surface area contributed by atoms with Crippen LogP contribution in [-0.2, 0) is 21.7 Å².